The van der Waals surface area contributed by atoms with Gasteiger partial charge in [0, 0.05) is 5.75 Å². The molecule has 0 unspecified atom stereocenters. The van der Waals surface area contributed by atoms with Crippen molar-refractivity contribution in [3.63, 3.8) is 0 Å². The lowest BCUT2D eigenvalue weighted by Crippen LogP contribution is -2.12. The summed E-state index contributed by atoms with van der Waals surface area (Å²) in [5.74, 6) is 0.828. The first-order valence-corrected chi connectivity index (χ1v) is 7.52. The molecule has 0 radical (unpaired) electrons. The molecule has 0 saturated carbocycles. The summed E-state index contributed by atoms with van der Waals surface area (Å²) in [6, 6.07) is 10.1. The molecule has 7 heteroatoms. The molecule has 0 bridgehead atoms. The zero-order valence-corrected chi connectivity index (χ0v) is 12.0. The van der Waals surface area contributed by atoms with Gasteiger partial charge in [-0.3, -0.25) is 5.32 Å². The fourth-order valence-corrected chi connectivity index (χ4v) is 2.99. The fourth-order valence-electron chi connectivity index (χ4n) is 1.29. The third-order valence-corrected chi connectivity index (χ3v) is 4.14. The summed E-state index contributed by atoms with van der Waals surface area (Å²) in [6.07, 6.45) is -0.502. The van der Waals surface area contributed by atoms with Gasteiger partial charge in [0.25, 0.3) is 0 Å². The van der Waals surface area contributed by atoms with Crippen LogP contribution in [0.1, 0.15) is 12.5 Å². The Morgan fingerprint density at radius 1 is 1.37 bits per heavy atom. The van der Waals surface area contributed by atoms with E-state index in [9.17, 15) is 4.79 Å². The highest BCUT2D eigenvalue weighted by atomic mass is 32.2. The van der Waals surface area contributed by atoms with Crippen molar-refractivity contribution in [3.05, 3.63) is 35.9 Å². The van der Waals surface area contributed by atoms with E-state index in [-0.39, 0.29) is 0 Å². The standard InChI is InChI=1S/C12H13N3O2S2/c1-2-17-11(16)13-10-14-15-12(19-10)18-8-9-6-4-3-5-7-9/h3-7H,2,8H2,1H3,(H,13,14,16). The molecule has 19 heavy (non-hydrogen) atoms. The van der Waals surface area contributed by atoms with E-state index in [4.69, 9.17) is 4.74 Å². The molecule has 5 nitrogen and oxygen atoms in total. The van der Waals surface area contributed by atoms with Crippen molar-refractivity contribution in [1.29, 1.82) is 0 Å². The van der Waals surface area contributed by atoms with Crippen LogP contribution >= 0.6 is 23.1 Å². The third kappa shape index (κ3) is 4.53. The second kappa shape index (κ2) is 7.10. The van der Waals surface area contributed by atoms with Crippen LogP contribution in [0.25, 0.3) is 0 Å². The van der Waals surface area contributed by atoms with Crippen molar-refractivity contribution in [2.45, 2.75) is 17.0 Å². The van der Waals surface area contributed by atoms with Gasteiger partial charge in [-0.2, -0.15) is 0 Å². The molecular formula is C12H13N3O2S2. The second-order valence-electron chi connectivity index (χ2n) is 3.49. The number of rotatable bonds is 5. The van der Waals surface area contributed by atoms with Crippen LogP contribution in [0.5, 0.6) is 0 Å². The maximum Gasteiger partial charge on any atom is 0.413 e. The maximum absolute atomic E-state index is 11.2. The first kappa shape index (κ1) is 13.8. The number of anilines is 1. The van der Waals surface area contributed by atoms with Gasteiger partial charge >= 0.3 is 6.09 Å². The van der Waals surface area contributed by atoms with Gasteiger partial charge in [0.15, 0.2) is 4.34 Å². The predicted octanol–water partition coefficient (Wildman–Crippen LogP) is 3.40. The van der Waals surface area contributed by atoms with Crippen LogP contribution in [0, 0.1) is 0 Å². The number of hydrogen-bond donors (Lipinski definition) is 1. The van der Waals surface area contributed by atoms with Gasteiger partial charge in [-0.05, 0) is 12.5 Å². The number of nitrogens with one attached hydrogen (secondary N) is 1. The van der Waals surface area contributed by atoms with Gasteiger partial charge in [-0.1, -0.05) is 53.4 Å². The van der Waals surface area contributed by atoms with E-state index >= 15 is 0 Å². The average molecular weight is 295 g/mol. The Morgan fingerprint density at radius 3 is 2.89 bits per heavy atom. The third-order valence-electron chi connectivity index (χ3n) is 2.10. The molecule has 1 heterocycles. The molecule has 1 aromatic heterocycles. The fraction of sp³-hybridized carbons (Fsp3) is 0.250. The van der Waals surface area contributed by atoms with Crippen LogP contribution in [0.2, 0.25) is 0 Å². The van der Waals surface area contributed by atoms with Crippen molar-refractivity contribution in [2.75, 3.05) is 11.9 Å². The number of benzene rings is 1. The molecule has 1 amide bonds. The maximum atomic E-state index is 11.2. The lowest BCUT2D eigenvalue weighted by Gasteiger charge is -1.99. The monoisotopic (exact) mass is 295 g/mol. The molecule has 0 aliphatic rings. The molecular weight excluding hydrogens is 282 g/mol. The van der Waals surface area contributed by atoms with Crippen molar-refractivity contribution in [1.82, 2.24) is 10.2 Å². The van der Waals surface area contributed by atoms with E-state index in [0.717, 1.165) is 10.1 Å². The van der Waals surface area contributed by atoms with Crippen molar-refractivity contribution in [3.8, 4) is 0 Å². The summed E-state index contributed by atoms with van der Waals surface area (Å²) in [6.45, 7) is 2.08. The minimum Gasteiger partial charge on any atom is -0.450 e. The van der Waals surface area contributed by atoms with E-state index in [1.54, 1.807) is 18.7 Å². The molecule has 0 fully saturated rings. The predicted molar refractivity (Wildman–Crippen MR) is 76.6 cm³/mol. The number of hydrogen-bond acceptors (Lipinski definition) is 6. The zero-order valence-electron chi connectivity index (χ0n) is 10.3. The molecule has 100 valence electrons. The number of carbonyl (C=O) groups excluding carboxylic acids is 1. The summed E-state index contributed by atoms with van der Waals surface area (Å²) >= 11 is 2.92. The average Bonchev–Trinajstić information content (AvgIpc) is 2.85. The minimum absolute atomic E-state index is 0.334. The van der Waals surface area contributed by atoms with Crippen molar-refractivity contribution < 1.29 is 9.53 Å². The van der Waals surface area contributed by atoms with Gasteiger partial charge in [-0.15, -0.1) is 10.2 Å². The summed E-state index contributed by atoms with van der Waals surface area (Å²) in [7, 11) is 0. The molecule has 0 aliphatic carbocycles. The Hall–Kier alpha value is -1.60. The van der Waals surface area contributed by atoms with Gasteiger partial charge in [0.05, 0.1) is 6.61 Å². The number of carbonyl (C=O) groups is 1. The van der Waals surface area contributed by atoms with Crippen LogP contribution in [0.4, 0.5) is 9.93 Å². The summed E-state index contributed by atoms with van der Waals surface area (Å²) < 4.78 is 5.58. The van der Waals surface area contributed by atoms with Crippen molar-refractivity contribution in [2.24, 2.45) is 0 Å². The van der Waals surface area contributed by atoms with Crippen LogP contribution in [0.15, 0.2) is 34.7 Å². The summed E-state index contributed by atoms with van der Waals surface area (Å²) in [4.78, 5) is 11.2. The van der Waals surface area contributed by atoms with Crippen LogP contribution in [0.3, 0.4) is 0 Å². The molecule has 0 aliphatic heterocycles. The topological polar surface area (TPSA) is 64.1 Å². The molecule has 1 aromatic carbocycles. The van der Waals surface area contributed by atoms with E-state index in [0.29, 0.717) is 11.7 Å². The Morgan fingerprint density at radius 2 is 2.16 bits per heavy atom. The summed E-state index contributed by atoms with van der Waals surface area (Å²) in [5, 5.41) is 10.9. The van der Waals surface area contributed by atoms with Crippen LogP contribution in [-0.2, 0) is 10.5 Å². The lowest BCUT2D eigenvalue weighted by molar-refractivity contribution is 0.168. The first-order valence-electron chi connectivity index (χ1n) is 5.72. The number of nitrogens with zero attached hydrogens (tertiary/aromatic N) is 2. The Kier molecular flexibility index (Phi) is 5.17. The van der Waals surface area contributed by atoms with Crippen LogP contribution < -0.4 is 5.32 Å². The second-order valence-corrected chi connectivity index (χ2v) is 5.69. The highest BCUT2D eigenvalue weighted by molar-refractivity contribution is 8.00. The largest absolute Gasteiger partial charge is 0.450 e. The first-order chi connectivity index (χ1) is 9.28. The molecule has 0 saturated heterocycles. The van der Waals surface area contributed by atoms with Crippen molar-refractivity contribution >= 4 is 34.3 Å². The number of ether oxygens (including phenoxy) is 1. The molecule has 2 aromatic rings. The lowest BCUT2D eigenvalue weighted by atomic mass is 10.2. The zero-order chi connectivity index (χ0) is 13.5. The Balaban J connectivity index is 1.85. The van der Waals surface area contributed by atoms with Crippen LogP contribution in [-0.4, -0.2) is 22.9 Å². The minimum atomic E-state index is -0.502. The Labute approximate surface area is 119 Å². The number of thioether (sulfide) groups is 1. The van der Waals surface area contributed by atoms with Gasteiger partial charge < -0.3 is 4.74 Å². The Bertz CT molecular complexity index is 531. The molecule has 2 rings (SSSR count). The SMILES string of the molecule is CCOC(=O)Nc1nnc(SCc2ccccc2)s1. The highest BCUT2D eigenvalue weighted by Crippen LogP contribution is 2.28. The normalized spacial score (nSPS) is 10.2. The van der Waals surface area contributed by atoms with E-state index < -0.39 is 6.09 Å². The van der Waals surface area contributed by atoms with E-state index in [2.05, 4.69) is 27.6 Å². The highest BCUT2D eigenvalue weighted by Gasteiger charge is 2.08. The van der Waals surface area contributed by atoms with Gasteiger partial charge in [0.1, 0.15) is 0 Å². The quantitative estimate of drug-likeness (QED) is 0.676. The molecule has 0 spiro atoms. The van der Waals surface area contributed by atoms with Gasteiger partial charge in [0.2, 0.25) is 5.13 Å². The van der Waals surface area contributed by atoms with Gasteiger partial charge in [-0.25, -0.2) is 4.79 Å². The number of amides is 1. The smallest absolute Gasteiger partial charge is 0.413 e. The molecule has 1 N–H and O–H groups in total. The number of aromatic nitrogens is 2. The summed E-state index contributed by atoms with van der Waals surface area (Å²) in [5.41, 5.74) is 1.22. The van der Waals surface area contributed by atoms with E-state index in [1.165, 1.54) is 16.9 Å². The van der Waals surface area contributed by atoms with E-state index in [1.807, 2.05) is 18.2 Å². The molecule has 0 atom stereocenters.